The Bertz CT molecular complexity index is 652. The van der Waals surface area contributed by atoms with Crippen molar-refractivity contribution < 1.29 is 8.42 Å². The third kappa shape index (κ3) is 4.33. The highest BCUT2D eigenvalue weighted by Crippen LogP contribution is 2.14. The Labute approximate surface area is 123 Å². The van der Waals surface area contributed by atoms with E-state index in [-0.39, 0.29) is 11.8 Å². The maximum atomic E-state index is 12.1. The quantitative estimate of drug-likeness (QED) is 0.805. The second kappa shape index (κ2) is 6.39. The highest BCUT2D eigenvalue weighted by Gasteiger charge is 2.16. The molecule has 20 heavy (non-hydrogen) atoms. The molecule has 3 N–H and O–H groups in total. The van der Waals surface area contributed by atoms with E-state index in [9.17, 15) is 8.42 Å². The van der Waals surface area contributed by atoms with Crippen LogP contribution in [0.3, 0.4) is 0 Å². The first kappa shape index (κ1) is 15.0. The largest absolute Gasteiger partial charge is 0.398 e. The zero-order valence-electron chi connectivity index (χ0n) is 11.2. The standard InChI is InChI=1S/C14H18N2O2S2/c1-11(8-12-6-7-19-9-12)16-20(17,18)10-13-4-2-3-5-14(13)15/h2-7,9,11,16H,8,10,15H2,1H3. The van der Waals surface area contributed by atoms with Crippen LogP contribution in [0.15, 0.2) is 41.1 Å². The minimum atomic E-state index is -3.39. The van der Waals surface area contributed by atoms with Crippen LogP contribution >= 0.6 is 11.3 Å². The summed E-state index contributed by atoms with van der Waals surface area (Å²) in [5.74, 6) is -0.0896. The predicted molar refractivity (Wildman–Crippen MR) is 84.1 cm³/mol. The summed E-state index contributed by atoms with van der Waals surface area (Å²) in [6.07, 6.45) is 0.688. The van der Waals surface area contributed by atoms with Crippen molar-refractivity contribution in [2.24, 2.45) is 0 Å². The van der Waals surface area contributed by atoms with Gasteiger partial charge in [0.2, 0.25) is 10.0 Å². The molecule has 1 aromatic carbocycles. The molecule has 0 aliphatic rings. The van der Waals surface area contributed by atoms with Crippen LogP contribution in [-0.4, -0.2) is 14.5 Å². The van der Waals surface area contributed by atoms with Crippen LogP contribution < -0.4 is 10.5 Å². The van der Waals surface area contributed by atoms with Crippen molar-refractivity contribution in [2.75, 3.05) is 5.73 Å². The molecule has 0 amide bonds. The molecule has 0 spiro atoms. The van der Waals surface area contributed by atoms with Gasteiger partial charge in [-0.2, -0.15) is 11.3 Å². The zero-order chi connectivity index (χ0) is 14.6. The third-order valence-electron chi connectivity index (χ3n) is 2.90. The van der Waals surface area contributed by atoms with Gasteiger partial charge in [0.25, 0.3) is 0 Å². The van der Waals surface area contributed by atoms with E-state index in [0.717, 1.165) is 5.56 Å². The third-order valence-corrected chi connectivity index (χ3v) is 5.09. The molecule has 0 saturated heterocycles. The van der Waals surface area contributed by atoms with Gasteiger partial charge in [0, 0.05) is 11.7 Å². The van der Waals surface area contributed by atoms with Gasteiger partial charge in [-0.15, -0.1) is 0 Å². The molecule has 0 fully saturated rings. The average molecular weight is 310 g/mol. The highest BCUT2D eigenvalue weighted by molar-refractivity contribution is 7.88. The summed E-state index contributed by atoms with van der Waals surface area (Å²) in [7, 11) is -3.39. The van der Waals surface area contributed by atoms with E-state index in [1.54, 1.807) is 35.6 Å². The Morgan fingerprint density at radius 2 is 2.05 bits per heavy atom. The molecule has 0 bridgehead atoms. The Morgan fingerprint density at radius 1 is 1.30 bits per heavy atom. The van der Waals surface area contributed by atoms with Gasteiger partial charge in [-0.25, -0.2) is 13.1 Å². The van der Waals surface area contributed by atoms with Crippen molar-refractivity contribution in [2.45, 2.75) is 25.1 Å². The Balaban J connectivity index is 1.99. The van der Waals surface area contributed by atoms with Crippen LogP contribution in [0.5, 0.6) is 0 Å². The van der Waals surface area contributed by atoms with E-state index < -0.39 is 10.0 Å². The predicted octanol–water partition coefficient (Wildman–Crippen LogP) is 2.38. The molecule has 108 valence electrons. The van der Waals surface area contributed by atoms with Gasteiger partial charge in [0.05, 0.1) is 5.75 Å². The number of thiophene rings is 1. The molecule has 2 aromatic rings. The number of hydrogen-bond donors (Lipinski definition) is 2. The number of benzene rings is 1. The van der Waals surface area contributed by atoms with Crippen molar-refractivity contribution in [3.63, 3.8) is 0 Å². The average Bonchev–Trinajstić information content (AvgIpc) is 2.83. The lowest BCUT2D eigenvalue weighted by atomic mass is 10.1. The number of nitrogens with one attached hydrogen (secondary N) is 1. The topological polar surface area (TPSA) is 72.2 Å². The molecule has 0 aliphatic heterocycles. The Morgan fingerprint density at radius 3 is 2.70 bits per heavy atom. The van der Waals surface area contributed by atoms with Crippen molar-refractivity contribution in [3.8, 4) is 0 Å². The Kier molecular flexibility index (Phi) is 4.80. The smallest absolute Gasteiger partial charge is 0.216 e. The summed E-state index contributed by atoms with van der Waals surface area (Å²) in [4.78, 5) is 0. The number of para-hydroxylation sites is 1. The summed E-state index contributed by atoms with van der Waals surface area (Å²) in [6, 6.07) is 8.88. The SMILES string of the molecule is CC(Cc1ccsc1)NS(=O)(=O)Cc1ccccc1N. The maximum absolute atomic E-state index is 12.1. The summed E-state index contributed by atoms with van der Waals surface area (Å²) in [5.41, 5.74) is 8.05. The monoisotopic (exact) mass is 310 g/mol. The molecular formula is C14H18N2O2S2. The van der Waals surface area contributed by atoms with Crippen LogP contribution in [0.25, 0.3) is 0 Å². The summed E-state index contributed by atoms with van der Waals surface area (Å²) in [5, 5.41) is 4.02. The summed E-state index contributed by atoms with van der Waals surface area (Å²) >= 11 is 1.61. The molecule has 6 heteroatoms. The first-order valence-electron chi connectivity index (χ1n) is 6.31. The van der Waals surface area contributed by atoms with Crippen molar-refractivity contribution in [1.29, 1.82) is 0 Å². The van der Waals surface area contributed by atoms with E-state index >= 15 is 0 Å². The molecule has 1 heterocycles. The minimum absolute atomic E-state index is 0.0896. The van der Waals surface area contributed by atoms with E-state index in [4.69, 9.17) is 5.73 Å². The number of hydrogen-bond acceptors (Lipinski definition) is 4. The second-order valence-corrected chi connectivity index (χ2v) is 7.35. The zero-order valence-corrected chi connectivity index (χ0v) is 12.9. The maximum Gasteiger partial charge on any atom is 0.216 e. The van der Waals surface area contributed by atoms with Gasteiger partial charge in [-0.1, -0.05) is 18.2 Å². The molecule has 1 unspecified atom stereocenters. The van der Waals surface area contributed by atoms with Crippen molar-refractivity contribution in [3.05, 3.63) is 52.2 Å². The molecule has 2 rings (SSSR count). The van der Waals surface area contributed by atoms with Gasteiger partial charge < -0.3 is 5.73 Å². The molecule has 0 saturated carbocycles. The van der Waals surface area contributed by atoms with Crippen LogP contribution in [0.2, 0.25) is 0 Å². The molecular weight excluding hydrogens is 292 g/mol. The van der Waals surface area contributed by atoms with Gasteiger partial charge in [0.1, 0.15) is 0 Å². The molecule has 1 atom stereocenters. The highest BCUT2D eigenvalue weighted by atomic mass is 32.2. The lowest BCUT2D eigenvalue weighted by Gasteiger charge is -2.14. The lowest BCUT2D eigenvalue weighted by Crippen LogP contribution is -2.35. The Hall–Kier alpha value is -1.37. The summed E-state index contributed by atoms with van der Waals surface area (Å²) in [6.45, 7) is 1.86. The fraction of sp³-hybridized carbons (Fsp3) is 0.286. The normalized spacial score (nSPS) is 13.2. The van der Waals surface area contributed by atoms with Crippen molar-refractivity contribution in [1.82, 2.24) is 4.72 Å². The fourth-order valence-electron chi connectivity index (χ4n) is 2.02. The van der Waals surface area contributed by atoms with Gasteiger partial charge in [0.15, 0.2) is 0 Å². The van der Waals surface area contributed by atoms with E-state index in [0.29, 0.717) is 17.7 Å². The van der Waals surface area contributed by atoms with Crippen molar-refractivity contribution >= 4 is 27.0 Å². The van der Waals surface area contributed by atoms with Crippen LogP contribution in [-0.2, 0) is 22.2 Å². The van der Waals surface area contributed by atoms with Gasteiger partial charge in [-0.05, 0) is 47.4 Å². The molecule has 1 aromatic heterocycles. The molecule has 0 aliphatic carbocycles. The van der Waals surface area contributed by atoms with Gasteiger partial charge >= 0.3 is 0 Å². The van der Waals surface area contributed by atoms with Crippen LogP contribution in [0, 0.1) is 0 Å². The minimum Gasteiger partial charge on any atom is -0.398 e. The fourth-order valence-corrected chi connectivity index (χ4v) is 4.16. The molecule has 4 nitrogen and oxygen atoms in total. The van der Waals surface area contributed by atoms with E-state index in [2.05, 4.69) is 4.72 Å². The van der Waals surface area contributed by atoms with Crippen LogP contribution in [0.1, 0.15) is 18.1 Å². The van der Waals surface area contributed by atoms with E-state index in [1.165, 1.54) is 0 Å². The number of nitrogen functional groups attached to an aromatic ring is 1. The first-order valence-corrected chi connectivity index (χ1v) is 8.90. The summed E-state index contributed by atoms with van der Waals surface area (Å²) < 4.78 is 26.9. The number of nitrogens with two attached hydrogens (primary N) is 1. The molecule has 0 radical (unpaired) electrons. The second-order valence-electron chi connectivity index (χ2n) is 4.81. The first-order chi connectivity index (χ1) is 9.46. The number of sulfonamides is 1. The van der Waals surface area contributed by atoms with Crippen LogP contribution in [0.4, 0.5) is 5.69 Å². The lowest BCUT2D eigenvalue weighted by molar-refractivity contribution is 0.559. The number of anilines is 1. The van der Waals surface area contributed by atoms with E-state index in [1.807, 2.05) is 23.8 Å². The van der Waals surface area contributed by atoms with Gasteiger partial charge in [-0.3, -0.25) is 0 Å². The number of rotatable bonds is 6.